The molecule has 2 saturated heterocycles. The SMILES string of the molecule is CCO[C@@H]1C[C@@H]2C(C(C)(C)C)N(C(=O)O)[C@H](c3nc(C(=O)c4ccccc4)cs3)CN2C1. The van der Waals surface area contributed by atoms with E-state index in [9.17, 15) is 14.7 Å². The van der Waals surface area contributed by atoms with E-state index in [0.717, 1.165) is 13.0 Å². The second-order valence-electron chi connectivity index (χ2n) is 9.62. The molecular formula is C24H31N3O4S. The van der Waals surface area contributed by atoms with Crippen LogP contribution in [0.3, 0.4) is 0 Å². The van der Waals surface area contributed by atoms with E-state index in [2.05, 4.69) is 30.7 Å². The van der Waals surface area contributed by atoms with Crippen molar-refractivity contribution in [2.45, 2.75) is 58.3 Å². The molecular weight excluding hydrogens is 426 g/mol. The van der Waals surface area contributed by atoms with Gasteiger partial charge in [0.1, 0.15) is 16.7 Å². The van der Waals surface area contributed by atoms with Gasteiger partial charge in [-0.05, 0) is 18.8 Å². The molecule has 2 fully saturated rings. The van der Waals surface area contributed by atoms with Crippen molar-refractivity contribution in [3.05, 3.63) is 52.0 Å². The van der Waals surface area contributed by atoms with Crippen LogP contribution in [0.15, 0.2) is 35.7 Å². The van der Waals surface area contributed by atoms with Crippen LogP contribution < -0.4 is 0 Å². The second-order valence-corrected chi connectivity index (χ2v) is 10.5. The van der Waals surface area contributed by atoms with Gasteiger partial charge in [0.2, 0.25) is 5.78 Å². The van der Waals surface area contributed by atoms with Gasteiger partial charge in [0.25, 0.3) is 0 Å². The number of carbonyl (C=O) groups is 2. The van der Waals surface area contributed by atoms with Crippen LogP contribution in [-0.2, 0) is 4.74 Å². The van der Waals surface area contributed by atoms with E-state index in [-0.39, 0.29) is 29.4 Å². The summed E-state index contributed by atoms with van der Waals surface area (Å²) in [5.74, 6) is -0.145. The number of fused-ring (bicyclic) bond motifs is 1. The predicted molar refractivity (Wildman–Crippen MR) is 123 cm³/mol. The molecule has 4 rings (SSSR count). The van der Waals surface area contributed by atoms with E-state index < -0.39 is 12.1 Å². The lowest BCUT2D eigenvalue weighted by atomic mass is 9.78. The van der Waals surface area contributed by atoms with Crippen molar-refractivity contribution in [2.75, 3.05) is 19.7 Å². The fourth-order valence-corrected chi connectivity index (χ4v) is 6.09. The lowest BCUT2D eigenvalue weighted by Gasteiger charge is -2.52. The van der Waals surface area contributed by atoms with Gasteiger partial charge in [-0.15, -0.1) is 11.3 Å². The van der Waals surface area contributed by atoms with E-state index in [1.54, 1.807) is 22.4 Å². The van der Waals surface area contributed by atoms with Crippen LogP contribution in [0.2, 0.25) is 0 Å². The van der Waals surface area contributed by atoms with E-state index in [0.29, 0.717) is 29.4 Å². The first kappa shape index (κ1) is 22.9. The highest BCUT2D eigenvalue weighted by atomic mass is 32.1. The fourth-order valence-electron chi connectivity index (χ4n) is 5.20. The number of nitrogens with zero attached hydrogens (tertiary/aromatic N) is 3. The molecule has 32 heavy (non-hydrogen) atoms. The van der Waals surface area contributed by atoms with Crippen molar-refractivity contribution in [1.82, 2.24) is 14.8 Å². The fraction of sp³-hybridized carbons (Fsp3) is 0.542. The van der Waals surface area contributed by atoms with Gasteiger partial charge >= 0.3 is 6.09 Å². The molecule has 0 saturated carbocycles. The third-order valence-corrected chi connectivity index (χ3v) is 7.35. The first-order valence-electron chi connectivity index (χ1n) is 11.1. The topological polar surface area (TPSA) is 83.0 Å². The zero-order valence-electron chi connectivity index (χ0n) is 19.0. The normalized spacial score (nSPS) is 26.2. The Morgan fingerprint density at radius 2 is 1.94 bits per heavy atom. The van der Waals surface area contributed by atoms with Crippen LogP contribution >= 0.6 is 11.3 Å². The van der Waals surface area contributed by atoms with Gasteiger partial charge < -0.3 is 9.84 Å². The molecule has 2 aromatic rings. The summed E-state index contributed by atoms with van der Waals surface area (Å²) in [6.45, 7) is 10.3. The number of rotatable bonds is 5. The van der Waals surface area contributed by atoms with Gasteiger partial charge in [0, 0.05) is 36.7 Å². The molecule has 2 aliphatic rings. The minimum atomic E-state index is -0.944. The number of benzene rings is 1. The van der Waals surface area contributed by atoms with Crippen molar-refractivity contribution < 1.29 is 19.4 Å². The van der Waals surface area contributed by atoms with Crippen molar-refractivity contribution in [3.8, 4) is 0 Å². The largest absolute Gasteiger partial charge is 0.465 e. The Bertz CT molecular complexity index is 971. The summed E-state index contributed by atoms with van der Waals surface area (Å²) >= 11 is 1.36. The Morgan fingerprint density at radius 3 is 2.56 bits per heavy atom. The molecule has 1 unspecified atom stereocenters. The molecule has 1 N–H and O–H groups in total. The van der Waals surface area contributed by atoms with Gasteiger partial charge in [0.15, 0.2) is 0 Å². The Balaban J connectivity index is 1.68. The van der Waals surface area contributed by atoms with Crippen LogP contribution in [0.1, 0.15) is 61.2 Å². The average Bonchev–Trinajstić information content (AvgIpc) is 3.38. The molecule has 4 atom stereocenters. The van der Waals surface area contributed by atoms with Crippen LogP contribution in [-0.4, -0.2) is 69.7 Å². The molecule has 0 spiro atoms. The molecule has 8 heteroatoms. The third-order valence-electron chi connectivity index (χ3n) is 6.41. The highest BCUT2D eigenvalue weighted by Crippen LogP contribution is 2.44. The summed E-state index contributed by atoms with van der Waals surface area (Å²) in [5.41, 5.74) is 0.681. The van der Waals surface area contributed by atoms with Gasteiger partial charge in [0.05, 0.1) is 12.1 Å². The van der Waals surface area contributed by atoms with Gasteiger partial charge in [-0.25, -0.2) is 9.78 Å². The number of amides is 1. The molecule has 7 nitrogen and oxygen atoms in total. The standard InChI is InChI=1S/C24H31N3O4S/c1-5-31-16-11-18-21(24(2,3)4)27(23(29)30)19(13-26(18)12-16)22-25-17(14-32-22)20(28)15-9-7-6-8-10-15/h6-10,14,16,18-19,21H,5,11-13H2,1-4H3,(H,29,30)/t16-,18-,19+,21?/m1/s1. The summed E-state index contributed by atoms with van der Waals surface area (Å²) in [6, 6.07) is 8.52. The molecule has 0 bridgehead atoms. The molecule has 172 valence electrons. The molecule has 0 radical (unpaired) electrons. The number of hydrogen-bond acceptors (Lipinski definition) is 6. The van der Waals surface area contributed by atoms with Crippen LogP contribution in [0.5, 0.6) is 0 Å². The quantitative estimate of drug-likeness (QED) is 0.674. The minimum absolute atomic E-state index is 0.101. The zero-order valence-corrected chi connectivity index (χ0v) is 19.8. The number of hydrogen-bond donors (Lipinski definition) is 1. The number of thiazole rings is 1. The van der Waals surface area contributed by atoms with Crippen molar-refractivity contribution in [3.63, 3.8) is 0 Å². The smallest absolute Gasteiger partial charge is 0.408 e. The first-order chi connectivity index (χ1) is 15.2. The van der Waals surface area contributed by atoms with Crippen molar-refractivity contribution >= 4 is 23.2 Å². The summed E-state index contributed by atoms with van der Waals surface area (Å²) in [7, 11) is 0. The summed E-state index contributed by atoms with van der Waals surface area (Å²) in [6.07, 6.45) is -0.0154. The van der Waals surface area contributed by atoms with Crippen LogP contribution in [0.25, 0.3) is 0 Å². The Kier molecular flexibility index (Phi) is 6.38. The zero-order chi connectivity index (χ0) is 23.0. The lowest BCUT2D eigenvalue weighted by Crippen LogP contribution is -2.63. The third kappa shape index (κ3) is 4.31. The second kappa shape index (κ2) is 8.92. The lowest BCUT2D eigenvalue weighted by molar-refractivity contribution is -0.0381. The van der Waals surface area contributed by atoms with Gasteiger partial charge in [-0.3, -0.25) is 14.6 Å². The number of carboxylic acid groups (broad SMARTS) is 1. The Morgan fingerprint density at radius 1 is 1.22 bits per heavy atom. The average molecular weight is 458 g/mol. The number of carbonyl (C=O) groups excluding carboxylic acids is 1. The van der Waals surface area contributed by atoms with E-state index in [1.165, 1.54) is 11.3 Å². The van der Waals surface area contributed by atoms with E-state index in [1.807, 2.05) is 25.1 Å². The molecule has 1 aromatic heterocycles. The number of ketones is 1. The number of ether oxygens (including phenoxy) is 1. The highest BCUT2D eigenvalue weighted by Gasteiger charge is 2.53. The van der Waals surface area contributed by atoms with Gasteiger partial charge in [-0.2, -0.15) is 0 Å². The van der Waals surface area contributed by atoms with Crippen molar-refractivity contribution in [2.24, 2.45) is 5.41 Å². The maximum Gasteiger partial charge on any atom is 0.408 e. The highest BCUT2D eigenvalue weighted by molar-refractivity contribution is 7.10. The summed E-state index contributed by atoms with van der Waals surface area (Å²) < 4.78 is 5.91. The monoisotopic (exact) mass is 457 g/mol. The van der Waals surface area contributed by atoms with Crippen LogP contribution in [0.4, 0.5) is 4.79 Å². The Labute approximate surface area is 193 Å². The molecule has 3 heterocycles. The maximum absolute atomic E-state index is 12.9. The van der Waals surface area contributed by atoms with E-state index in [4.69, 9.17) is 4.74 Å². The number of aromatic nitrogens is 1. The van der Waals surface area contributed by atoms with Crippen molar-refractivity contribution in [1.29, 1.82) is 0 Å². The summed E-state index contributed by atoms with van der Waals surface area (Å²) in [4.78, 5) is 34.0. The molecule has 2 aliphatic heterocycles. The minimum Gasteiger partial charge on any atom is -0.465 e. The maximum atomic E-state index is 12.9. The molecule has 1 aromatic carbocycles. The molecule has 1 amide bonds. The Hall–Kier alpha value is -2.29. The predicted octanol–water partition coefficient (Wildman–Crippen LogP) is 4.30. The number of piperazine rings is 1. The van der Waals surface area contributed by atoms with Crippen LogP contribution in [0, 0.1) is 5.41 Å². The van der Waals surface area contributed by atoms with Gasteiger partial charge in [-0.1, -0.05) is 51.1 Å². The summed E-state index contributed by atoms with van der Waals surface area (Å²) in [5, 5.41) is 12.7. The first-order valence-corrected chi connectivity index (χ1v) is 12.0. The molecule has 0 aliphatic carbocycles. The van der Waals surface area contributed by atoms with E-state index >= 15 is 0 Å².